The normalized spacial score (nSPS) is 20.8. The van der Waals surface area contributed by atoms with Crippen LogP contribution in [0.15, 0.2) is 48.5 Å². The number of fused-ring (bicyclic) bond motifs is 4. The summed E-state index contributed by atoms with van der Waals surface area (Å²) in [4.78, 5) is 34.0. The molecule has 3 aromatic rings. The zero-order valence-electron chi connectivity index (χ0n) is 17.6. The quantitative estimate of drug-likeness (QED) is 0.591. The van der Waals surface area contributed by atoms with Gasteiger partial charge in [0, 0.05) is 34.6 Å². The molecular formula is C25H26ClN3O2. The zero-order valence-corrected chi connectivity index (χ0v) is 18.4. The molecule has 1 fully saturated rings. The first-order chi connectivity index (χ1) is 15.1. The van der Waals surface area contributed by atoms with Gasteiger partial charge in [0.15, 0.2) is 0 Å². The van der Waals surface area contributed by atoms with Crippen LogP contribution in [0.3, 0.4) is 0 Å². The second kappa shape index (κ2) is 8.04. The molecule has 0 saturated carbocycles. The van der Waals surface area contributed by atoms with E-state index in [1.54, 1.807) is 9.80 Å². The largest absolute Gasteiger partial charge is 0.356 e. The van der Waals surface area contributed by atoms with Crippen molar-refractivity contribution in [2.24, 2.45) is 0 Å². The average molecular weight is 436 g/mol. The van der Waals surface area contributed by atoms with E-state index < -0.39 is 6.04 Å². The molecule has 160 valence electrons. The summed E-state index contributed by atoms with van der Waals surface area (Å²) in [5, 5.41) is 1.77. The molecule has 0 radical (unpaired) electrons. The Bertz CT molecular complexity index is 1140. The summed E-state index contributed by atoms with van der Waals surface area (Å²) < 4.78 is 0. The van der Waals surface area contributed by atoms with Crippen LogP contribution in [0.4, 0.5) is 0 Å². The number of aromatic nitrogens is 1. The van der Waals surface area contributed by atoms with E-state index in [1.165, 1.54) is 0 Å². The first kappa shape index (κ1) is 20.1. The van der Waals surface area contributed by atoms with Crippen LogP contribution in [-0.2, 0) is 16.0 Å². The van der Waals surface area contributed by atoms with Crippen molar-refractivity contribution in [3.05, 3.63) is 70.4 Å². The lowest BCUT2D eigenvalue weighted by molar-refractivity contribution is -0.158. The molecule has 5 rings (SSSR count). The van der Waals surface area contributed by atoms with Gasteiger partial charge in [-0.2, -0.15) is 0 Å². The number of hydrogen-bond acceptors (Lipinski definition) is 2. The van der Waals surface area contributed by atoms with Crippen LogP contribution in [0.25, 0.3) is 10.9 Å². The maximum atomic E-state index is 13.5. The molecule has 5 nitrogen and oxygen atoms in total. The number of H-pyrrole nitrogens is 1. The van der Waals surface area contributed by atoms with E-state index >= 15 is 0 Å². The van der Waals surface area contributed by atoms with Crippen molar-refractivity contribution in [1.29, 1.82) is 0 Å². The van der Waals surface area contributed by atoms with Gasteiger partial charge in [-0.25, -0.2) is 0 Å². The first-order valence-corrected chi connectivity index (χ1v) is 11.4. The zero-order chi connectivity index (χ0) is 21.5. The molecule has 0 bridgehead atoms. The maximum Gasteiger partial charge on any atom is 0.246 e. The molecule has 1 saturated heterocycles. The lowest BCUT2D eigenvalue weighted by atomic mass is 9.86. The Morgan fingerprint density at radius 2 is 1.84 bits per heavy atom. The molecule has 2 atom stereocenters. The van der Waals surface area contributed by atoms with Crippen molar-refractivity contribution >= 4 is 34.3 Å². The predicted molar refractivity (Wildman–Crippen MR) is 122 cm³/mol. The minimum Gasteiger partial charge on any atom is -0.356 e. The monoisotopic (exact) mass is 435 g/mol. The number of carbonyl (C=O) groups excluding carboxylic acids is 2. The van der Waals surface area contributed by atoms with Gasteiger partial charge >= 0.3 is 0 Å². The van der Waals surface area contributed by atoms with E-state index in [-0.39, 0.29) is 24.4 Å². The van der Waals surface area contributed by atoms with Gasteiger partial charge < -0.3 is 14.8 Å². The van der Waals surface area contributed by atoms with Crippen LogP contribution < -0.4 is 0 Å². The Labute approximate surface area is 187 Å². The summed E-state index contributed by atoms with van der Waals surface area (Å²) in [5.74, 6) is 0.0657. The molecule has 0 spiro atoms. The summed E-state index contributed by atoms with van der Waals surface area (Å²) in [6.45, 7) is 2.94. The minimum absolute atomic E-state index is 0.00496. The number of piperazine rings is 1. The van der Waals surface area contributed by atoms with Gasteiger partial charge in [0.25, 0.3) is 0 Å². The fraction of sp³-hybridized carbons (Fsp3) is 0.360. The van der Waals surface area contributed by atoms with Gasteiger partial charge in [0.2, 0.25) is 11.8 Å². The van der Waals surface area contributed by atoms with Gasteiger partial charge in [-0.05, 0) is 35.7 Å². The minimum atomic E-state index is -0.477. The van der Waals surface area contributed by atoms with Crippen molar-refractivity contribution in [2.45, 2.75) is 44.7 Å². The van der Waals surface area contributed by atoms with Crippen LogP contribution in [-0.4, -0.2) is 45.7 Å². The van der Waals surface area contributed by atoms with E-state index in [0.717, 1.165) is 47.0 Å². The average Bonchev–Trinajstić information content (AvgIpc) is 3.15. The maximum absolute atomic E-state index is 13.5. The molecule has 2 aliphatic rings. The van der Waals surface area contributed by atoms with Gasteiger partial charge in [0.05, 0.1) is 12.6 Å². The Hall–Kier alpha value is -2.79. The Morgan fingerprint density at radius 1 is 1.06 bits per heavy atom. The lowest BCUT2D eigenvalue weighted by Gasteiger charge is -2.47. The number of amides is 2. The second-order valence-electron chi connectivity index (χ2n) is 8.50. The number of carbonyl (C=O) groups is 2. The molecule has 2 amide bonds. The Balaban J connectivity index is 1.61. The summed E-state index contributed by atoms with van der Waals surface area (Å²) in [6.07, 6.45) is 3.62. The van der Waals surface area contributed by atoms with Gasteiger partial charge in [0.1, 0.15) is 6.04 Å². The van der Waals surface area contributed by atoms with Crippen LogP contribution in [0.2, 0.25) is 5.02 Å². The summed E-state index contributed by atoms with van der Waals surface area (Å²) >= 11 is 6.13. The number of benzene rings is 2. The van der Waals surface area contributed by atoms with E-state index in [1.807, 2.05) is 42.5 Å². The van der Waals surface area contributed by atoms with Crippen LogP contribution in [0, 0.1) is 0 Å². The van der Waals surface area contributed by atoms with Crippen molar-refractivity contribution in [3.8, 4) is 0 Å². The number of unbranched alkanes of at least 4 members (excludes halogenated alkanes) is 2. The molecular weight excluding hydrogens is 410 g/mol. The number of halogens is 1. The molecule has 1 aromatic heterocycles. The summed E-state index contributed by atoms with van der Waals surface area (Å²) in [5.41, 5.74) is 4.13. The topological polar surface area (TPSA) is 56.4 Å². The molecule has 2 aliphatic heterocycles. The van der Waals surface area contributed by atoms with Gasteiger partial charge in [-0.3, -0.25) is 9.59 Å². The Kier molecular flexibility index (Phi) is 5.22. The van der Waals surface area contributed by atoms with Crippen molar-refractivity contribution in [2.75, 3.05) is 13.1 Å². The SMILES string of the molecule is CCCCCN1CC(=O)N2[C@@H](c3ccc(Cl)cc3)c3[nH]c4ccccc4c3C[C@@H]2C1=O. The molecule has 0 unspecified atom stereocenters. The van der Waals surface area contributed by atoms with E-state index in [0.29, 0.717) is 18.0 Å². The number of nitrogens with zero attached hydrogens (tertiary/aromatic N) is 2. The fourth-order valence-electron chi connectivity index (χ4n) is 5.06. The highest BCUT2D eigenvalue weighted by Gasteiger charge is 2.47. The van der Waals surface area contributed by atoms with Crippen LogP contribution in [0.5, 0.6) is 0 Å². The van der Waals surface area contributed by atoms with Crippen molar-refractivity contribution in [1.82, 2.24) is 14.8 Å². The Morgan fingerprint density at radius 3 is 2.61 bits per heavy atom. The van der Waals surface area contributed by atoms with E-state index in [2.05, 4.69) is 18.0 Å². The second-order valence-corrected chi connectivity index (χ2v) is 8.94. The number of hydrogen-bond donors (Lipinski definition) is 1. The molecule has 2 aromatic carbocycles. The van der Waals surface area contributed by atoms with E-state index in [4.69, 9.17) is 11.6 Å². The third-order valence-corrected chi connectivity index (χ3v) is 6.81. The highest BCUT2D eigenvalue weighted by atomic mass is 35.5. The van der Waals surface area contributed by atoms with Crippen molar-refractivity contribution in [3.63, 3.8) is 0 Å². The van der Waals surface area contributed by atoms with Gasteiger partial charge in [-0.1, -0.05) is 61.7 Å². The molecule has 3 heterocycles. The highest BCUT2D eigenvalue weighted by Crippen LogP contribution is 2.42. The molecule has 1 N–H and O–H groups in total. The lowest BCUT2D eigenvalue weighted by Crippen LogP contribution is -2.63. The predicted octanol–water partition coefficient (Wildman–Crippen LogP) is 4.70. The smallest absolute Gasteiger partial charge is 0.246 e. The summed E-state index contributed by atoms with van der Waals surface area (Å²) in [7, 11) is 0. The third-order valence-electron chi connectivity index (χ3n) is 6.56. The van der Waals surface area contributed by atoms with Crippen molar-refractivity contribution < 1.29 is 9.59 Å². The van der Waals surface area contributed by atoms with Crippen LogP contribution in [0.1, 0.15) is 49.0 Å². The van der Waals surface area contributed by atoms with Gasteiger partial charge in [-0.15, -0.1) is 0 Å². The highest BCUT2D eigenvalue weighted by molar-refractivity contribution is 6.30. The first-order valence-electron chi connectivity index (χ1n) is 11.0. The molecule has 6 heteroatoms. The number of nitrogens with one attached hydrogen (secondary N) is 1. The third kappa shape index (κ3) is 3.41. The molecule has 0 aliphatic carbocycles. The fourth-order valence-corrected chi connectivity index (χ4v) is 5.18. The van der Waals surface area contributed by atoms with E-state index in [9.17, 15) is 9.59 Å². The molecule has 31 heavy (non-hydrogen) atoms. The van der Waals surface area contributed by atoms with Crippen LogP contribution >= 0.6 is 11.6 Å². The standard InChI is InChI=1S/C25H26ClN3O2/c1-2-3-6-13-28-15-22(30)29-21(25(28)31)14-19-18-7-4-5-8-20(18)27-23(19)24(29)16-9-11-17(26)12-10-16/h4-5,7-12,21,24,27H,2-3,6,13-15H2,1H3/t21-,24+/m1/s1. The number of para-hydroxylation sites is 1. The summed E-state index contributed by atoms with van der Waals surface area (Å²) in [6, 6.07) is 15.0. The number of aromatic amines is 1. The number of rotatable bonds is 5.